The normalized spacial score (nSPS) is 25.5. The molecule has 2 saturated heterocycles. The molecule has 12 unspecified atom stereocenters. The Kier molecular flexibility index (Phi) is 42.1. The summed E-state index contributed by atoms with van der Waals surface area (Å²) in [4.78, 5) is 13.3. The fourth-order valence-electron chi connectivity index (χ4n) is 10.0. The van der Waals surface area contributed by atoms with Gasteiger partial charge in [0.2, 0.25) is 5.91 Å². The van der Waals surface area contributed by atoms with Crippen molar-refractivity contribution in [1.29, 1.82) is 0 Å². The van der Waals surface area contributed by atoms with Gasteiger partial charge in [-0.05, 0) is 32.1 Å². The summed E-state index contributed by atoms with van der Waals surface area (Å²) >= 11 is 0. The number of unbranched alkanes of at least 4 members (excludes halogenated alkanes) is 33. The standard InChI is InChI=1S/C59H111NO13/c1-3-5-7-9-11-13-15-17-19-21-23-25-27-29-31-33-35-37-39-41-43-51(64)60-47(48(63)42-40-38-36-34-32-30-28-26-24-22-20-18-16-14-12-10-8-6-4-2)46-70-58-56(69)54(67)57(50(45-62)72-58)73-59-55(68)53(66)52(65)49(44-61)71-59/h32,34,40,42,47-50,52-59,61-63,65-69H,3-31,33,35-39,41,43-46H2,1-2H3,(H,60,64)/b34-32+,42-40+. The van der Waals surface area contributed by atoms with Crippen LogP contribution in [-0.2, 0) is 23.7 Å². The first-order chi connectivity index (χ1) is 35.6. The summed E-state index contributed by atoms with van der Waals surface area (Å²) in [6.07, 6.45) is 36.4. The van der Waals surface area contributed by atoms with Crippen molar-refractivity contribution in [2.24, 2.45) is 0 Å². The topological polar surface area (TPSA) is 228 Å². The molecule has 12 atom stereocenters. The van der Waals surface area contributed by atoms with E-state index >= 15 is 0 Å². The van der Waals surface area contributed by atoms with Crippen LogP contribution in [0.3, 0.4) is 0 Å². The van der Waals surface area contributed by atoms with Crippen LogP contribution in [0.4, 0.5) is 0 Å². The Morgan fingerprint density at radius 3 is 1.34 bits per heavy atom. The number of hydrogen-bond donors (Lipinski definition) is 9. The number of hydrogen-bond acceptors (Lipinski definition) is 13. The van der Waals surface area contributed by atoms with Gasteiger partial charge in [-0.2, -0.15) is 0 Å². The van der Waals surface area contributed by atoms with Gasteiger partial charge >= 0.3 is 0 Å². The Balaban J connectivity index is 1.78. The van der Waals surface area contributed by atoms with Gasteiger partial charge in [0.05, 0.1) is 32.0 Å². The fourth-order valence-corrected chi connectivity index (χ4v) is 10.0. The van der Waals surface area contributed by atoms with Crippen molar-refractivity contribution >= 4 is 5.91 Å². The number of rotatable bonds is 48. The quantitative estimate of drug-likeness (QED) is 0.0204. The Morgan fingerprint density at radius 2 is 0.877 bits per heavy atom. The first-order valence-electron chi connectivity index (χ1n) is 30.1. The minimum Gasteiger partial charge on any atom is -0.394 e. The number of ether oxygens (including phenoxy) is 4. The van der Waals surface area contributed by atoms with Crippen LogP contribution in [-0.4, -0.2) is 140 Å². The third kappa shape index (κ3) is 31.5. The summed E-state index contributed by atoms with van der Waals surface area (Å²) in [5.41, 5.74) is 0. The molecule has 0 aliphatic carbocycles. The second-order valence-corrected chi connectivity index (χ2v) is 21.5. The lowest BCUT2D eigenvalue weighted by Crippen LogP contribution is -2.65. The lowest BCUT2D eigenvalue weighted by molar-refractivity contribution is -0.359. The highest BCUT2D eigenvalue weighted by Crippen LogP contribution is 2.30. The largest absolute Gasteiger partial charge is 0.394 e. The molecule has 0 aromatic rings. The summed E-state index contributed by atoms with van der Waals surface area (Å²) < 4.78 is 22.8. The van der Waals surface area contributed by atoms with E-state index in [1.807, 2.05) is 6.08 Å². The third-order valence-electron chi connectivity index (χ3n) is 14.9. The summed E-state index contributed by atoms with van der Waals surface area (Å²) in [6, 6.07) is -0.927. The maximum Gasteiger partial charge on any atom is 0.220 e. The predicted octanol–water partition coefficient (Wildman–Crippen LogP) is 10.1. The van der Waals surface area contributed by atoms with Gasteiger partial charge in [0, 0.05) is 6.42 Å². The predicted molar refractivity (Wildman–Crippen MR) is 291 cm³/mol. The first kappa shape index (κ1) is 67.6. The number of amides is 1. The van der Waals surface area contributed by atoms with Crippen LogP contribution >= 0.6 is 0 Å². The van der Waals surface area contributed by atoms with Crippen LogP contribution in [0.1, 0.15) is 251 Å². The van der Waals surface area contributed by atoms with Crippen molar-refractivity contribution in [3.63, 3.8) is 0 Å². The Bertz CT molecular complexity index is 1320. The van der Waals surface area contributed by atoms with E-state index in [4.69, 9.17) is 18.9 Å². The first-order valence-corrected chi connectivity index (χ1v) is 30.1. The highest BCUT2D eigenvalue weighted by molar-refractivity contribution is 5.76. The lowest BCUT2D eigenvalue weighted by Gasteiger charge is -2.46. The van der Waals surface area contributed by atoms with Crippen molar-refractivity contribution in [3.05, 3.63) is 24.3 Å². The fraction of sp³-hybridized carbons (Fsp3) is 0.915. The second kappa shape index (κ2) is 45.5. The molecule has 0 saturated carbocycles. The number of carbonyl (C=O) groups excluding carboxylic acids is 1. The van der Waals surface area contributed by atoms with Gasteiger partial charge in [0.25, 0.3) is 0 Å². The number of nitrogens with one attached hydrogen (secondary N) is 1. The SMILES string of the molecule is CCCCCCCCCCCCCCC/C=C/CC/C=C/C(O)C(COC1OC(CO)C(OC2OC(CO)C(O)C(O)C2O)C(O)C1O)NC(=O)CCCCCCCCCCCCCCCCCCCCCC. The van der Waals surface area contributed by atoms with Gasteiger partial charge in [-0.25, -0.2) is 0 Å². The maximum absolute atomic E-state index is 13.3. The summed E-state index contributed by atoms with van der Waals surface area (Å²) in [5.74, 6) is -0.245. The van der Waals surface area contributed by atoms with E-state index < -0.39 is 86.8 Å². The van der Waals surface area contributed by atoms with Gasteiger partial charge in [0.15, 0.2) is 12.6 Å². The van der Waals surface area contributed by atoms with Crippen LogP contribution in [0.5, 0.6) is 0 Å². The zero-order valence-electron chi connectivity index (χ0n) is 46.1. The molecular weight excluding hydrogens is 931 g/mol. The molecule has 0 bridgehead atoms. The lowest BCUT2D eigenvalue weighted by atomic mass is 9.97. The average Bonchev–Trinajstić information content (AvgIpc) is 3.39. The Hall–Kier alpha value is -1.53. The molecule has 2 fully saturated rings. The van der Waals surface area contributed by atoms with Crippen molar-refractivity contribution in [1.82, 2.24) is 5.32 Å². The minimum atomic E-state index is -1.79. The van der Waals surface area contributed by atoms with Crippen LogP contribution in [0.25, 0.3) is 0 Å². The van der Waals surface area contributed by atoms with E-state index in [1.54, 1.807) is 6.08 Å². The Labute approximate surface area is 443 Å². The van der Waals surface area contributed by atoms with E-state index in [-0.39, 0.29) is 18.9 Å². The third-order valence-corrected chi connectivity index (χ3v) is 14.9. The molecule has 0 aromatic heterocycles. The number of allylic oxidation sites excluding steroid dienone is 3. The van der Waals surface area contributed by atoms with Crippen molar-refractivity contribution in [3.8, 4) is 0 Å². The highest BCUT2D eigenvalue weighted by Gasteiger charge is 2.51. The van der Waals surface area contributed by atoms with Gasteiger partial charge < -0.3 is 65.1 Å². The molecule has 1 amide bonds. The second-order valence-electron chi connectivity index (χ2n) is 21.5. The van der Waals surface area contributed by atoms with Gasteiger partial charge in [-0.3, -0.25) is 4.79 Å². The molecule has 9 N–H and O–H groups in total. The van der Waals surface area contributed by atoms with Gasteiger partial charge in [0.1, 0.15) is 48.8 Å². The number of carbonyl (C=O) groups is 1. The molecule has 2 heterocycles. The van der Waals surface area contributed by atoms with Crippen molar-refractivity contribution in [2.75, 3.05) is 19.8 Å². The molecule has 2 aliphatic heterocycles. The molecule has 2 rings (SSSR count). The summed E-state index contributed by atoms with van der Waals surface area (Å²) in [5, 5.41) is 87.1. The number of aliphatic hydroxyl groups excluding tert-OH is 8. The smallest absolute Gasteiger partial charge is 0.220 e. The van der Waals surface area contributed by atoms with Crippen LogP contribution in [0, 0.1) is 0 Å². The van der Waals surface area contributed by atoms with E-state index in [2.05, 4.69) is 31.3 Å². The highest BCUT2D eigenvalue weighted by atomic mass is 16.7. The van der Waals surface area contributed by atoms with Crippen LogP contribution in [0.15, 0.2) is 24.3 Å². The summed E-state index contributed by atoms with van der Waals surface area (Å²) in [7, 11) is 0. The Morgan fingerprint density at radius 1 is 0.479 bits per heavy atom. The van der Waals surface area contributed by atoms with E-state index in [9.17, 15) is 45.6 Å². The van der Waals surface area contributed by atoms with Crippen molar-refractivity contribution < 1.29 is 64.6 Å². The van der Waals surface area contributed by atoms with E-state index in [1.165, 1.54) is 186 Å². The summed E-state index contributed by atoms with van der Waals surface area (Å²) in [6.45, 7) is 2.81. The molecule has 430 valence electrons. The monoisotopic (exact) mass is 1040 g/mol. The van der Waals surface area contributed by atoms with E-state index in [0.29, 0.717) is 12.8 Å². The van der Waals surface area contributed by atoms with E-state index in [0.717, 1.165) is 32.1 Å². The molecule has 14 nitrogen and oxygen atoms in total. The van der Waals surface area contributed by atoms with Crippen molar-refractivity contribution in [2.45, 2.75) is 325 Å². The van der Waals surface area contributed by atoms with Gasteiger partial charge in [-0.1, -0.05) is 237 Å². The maximum atomic E-state index is 13.3. The van der Waals surface area contributed by atoms with Crippen LogP contribution < -0.4 is 5.32 Å². The van der Waals surface area contributed by atoms with Gasteiger partial charge in [-0.15, -0.1) is 0 Å². The molecule has 14 heteroatoms. The molecule has 73 heavy (non-hydrogen) atoms. The molecule has 0 radical (unpaired) electrons. The molecule has 0 aromatic carbocycles. The molecule has 0 spiro atoms. The minimum absolute atomic E-state index is 0.245. The zero-order valence-corrected chi connectivity index (χ0v) is 46.1. The molecule has 2 aliphatic rings. The zero-order chi connectivity index (χ0) is 53.2. The molecular formula is C59H111NO13. The average molecular weight is 1040 g/mol. The van der Waals surface area contributed by atoms with Crippen LogP contribution in [0.2, 0.25) is 0 Å². The number of aliphatic hydroxyl groups is 8.